The minimum atomic E-state index is -0.733. The number of ether oxygens (including phenoxy) is 1. The number of para-hydroxylation sites is 1. The van der Waals surface area contributed by atoms with Gasteiger partial charge in [-0.2, -0.15) is 5.26 Å². The van der Waals surface area contributed by atoms with Crippen molar-refractivity contribution in [1.29, 1.82) is 5.26 Å². The molecule has 20 heavy (non-hydrogen) atoms. The average Bonchev–Trinajstić information content (AvgIpc) is 2.51. The number of fused-ring (bicyclic) bond motifs is 1. The maximum Gasteiger partial charge on any atom is 0.147 e. The highest BCUT2D eigenvalue weighted by Crippen LogP contribution is 2.31. The summed E-state index contributed by atoms with van der Waals surface area (Å²) in [6.45, 7) is 0. The van der Waals surface area contributed by atoms with Gasteiger partial charge < -0.3 is 9.84 Å². The fourth-order valence-corrected chi connectivity index (χ4v) is 2.32. The highest BCUT2D eigenvalue weighted by atomic mass is 16.5. The lowest BCUT2D eigenvalue weighted by Crippen LogP contribution is -2.26. The molecule has 0 bridgehead atoms. The normalized spacial score (nSPS) is 20.0. The zero-order valence-electron chi connectivity index (χ0n) is 10.7. The van der Waals surface area contributed by atoms with Crippen molar-refractivity contribution in [2.45, 2.75) is 12.2 Å². The second-order valence-corrected chi connectivity index (χ2v) is 4.62. The predicted octanol–water partition coefficient (Wildman–Crippen LogP) is 3.07. The maximum atomic E-state index is 10.4. The highest BCUT2D eigenvalue weighted by molar-refractivity contribution is 5.58. The first-order chi connectivity index (χ1) is 9.79. The van der Waals surface area contributed by atoms with Crippen LogP contribution in [-0.4, -0.2) is 11.2 Å². The fourth-order valence-electron chi connectivity index (χ4n) is 2.32. The summed E-state index contributed by atoms with van der Waals surface area (Å²) in [6, 6.07) is 16.8. The van der Waals surface area contributed by atoms with Crippen LogP contribution in [0.1, 0.15) is 22.8 Å². The number of nitrogens with zero attached hydrogens (tertiary/aromatic N) is 1. The van der Waals surface area contributed by atoms with E-state index < -0.39 is 12.2 Å². The summed E-state index contributed by atoms with van der Waals surface area (Å²) in [7, 11) is 0. The first-order valence-corrected chi connectivity index (χ1v) is 6.40. The molecule has 0 unspecified atom stereocenters. The third-order valence-corrected chi connectivity index (χ3v) is 3.36. The third-order valence-electron chi connectivity index (χ3n) is 3.36. The Balaban J connectivity index is 1.89. The van der Waals surface area contributed by atoms with Crippen molar-refractivity contribution in [3.8, 4) is 11.8 Å². The molecule has 2 aromatic rings. The van der Waals surface area contributed by atoms with Gasteiger partial charge in [-0.3, -0.25) is 0 Å². The molecule has 1 N–H and O–H groups in total. The summed E-state index contributed by atoms with van der Waals surface area (Å²) in [6.07, 6.45) is 2.53. The molecule has 0 fully saturated rings. The Labute approximate surface area is 117 Å². The van der Waals surface area contributed by atoms with Crippen molar-refractivity contribution in [2.75, 3.05) is 0 Å². The Bertz CT molecular complexity index is 700. The minimum absolute atomic E-state index is 0.465. The predicted molar refractivity (Wildman–Crippen MR) is 76.0 cm³/mol. The molecule has 0 heterocycles. The first kappa shape index (κ1) is 12.5. The Hall–Kier alpha value is -2.57. The Kier molecular flexibility index (Phi) is 3.24. The Morgan fingerprint density at radius 3 is 2.65 bits per heavy atom. The third kappa shape index (κ3) is 2.18. The second-order valence-electron chi connectivity index (χ2n) is 4.62. The van der Waals surface area contributed by atoms with Crippen LogP contribution in [0.3, 0.4) is 0 Å². The molecule has 3 nitrogen and oxygen atoms in total. The lowest BCUT2D eigenvalue weighted by molar-refractivity contribution is 0.0621. The molecule has 1 aliphatic carbocycles. The molecular formula is C17H13NO2. The van der Waals surface area contributed by atoms with E-state index in [0.717, 1.165) is 11.1 Å². The highest BCUT2D eigenvalue weighted by Gasteiger charge is 2.26. The van der Waals surface area contributed by atoms with Crippen molar-refractivity contribution in [3.63, 3.8) is 0 Å². The van der Waals surface area contributed by atoms with Crippen LogP contribution in [-0.2, 0) is 0 Å². The van der Waals surface area contributed by atoms with Gasteiger partial charge in [-0.1, -0.05) is 42.5 Å². The van der Waals surface area contributed by atoms with Crippen LogP contribution in [0.4, 0.5) is 0 Å². The molecule has 0 amide bonds. The maximum absolute atomic E-state index is 10.4. The molecule has 0 radical (unpaired) electrons. The van der Waals surface area contributed by atoms with Gasteiger partial charge in [0.05, 0.1) is 5.56 Å². The summed E-state index contributed by atoms with van der Waals surface area (Å²) in [4.78, 5) is 0. The van der Waals surface area contributed by atoms with Gasteiger partial charge in [-0.25, -0.2) is 0 Å². The molecule has 3 rings (SSSR count). The van der Waals surface area contributed by atoms with Crippen LogP contribution in [0.2, 0.25) is 0 Å². The second kappa shape index (κ2) is 5.20. The molecular weight excluding hydrogens is 250 g/mol. The number of hydrogen-bond donors (Lipinski definition) is 1. The molecule has 0 aromatic heterocycles. The van der Waals surface area contributed by atoms with Gasteiger partial charge in [0, 0.05) is 0 Å². The lowest BCUT2D eigenvalue weighted by Gasteiger charge is -2.26. The summed E-state index contributed by atoms with van der Waals surface area (Å²) in [5.41, 5.74) is 2.30. The molecule has 2 aromatic carbocycles. The van der Waals surface area contributed by atoms with Crippen molar-refractivity contribution in [1.82, 2.24) is 0 Å². The SMILES string of the molecule is N#Cc1ccccc1O[C@@H]1C=Cc2ccccc2[C@H]1O. The molecule has 0 aliphatic heterocycles. The van der Waals surface area contributed by atoms with E-state index in [2.05, 4.69) is 6.07 Å². The van der Waals surface area contributed by atoms with Gasteiger partial charge in [-0.05, 0) is 29.3 Å². The molecule has 98 valence electrons. The zero-order valence-corrected chi connectivity index (χ0v) is 10.7. The van der Waals surface area contributed by atoms with E-state index in [9.17, 15) is 5.11 Å². The van der Waals surface area contributed by atoms with Gasteiger partial charge in [-0.15, -0.1) is 0 Å². The Morgan fingerprint density at radius 1 is 1.05 bits per heavy atom. The van der Waals surface area contributed by atoms with Crippen LogP contribution in [0.25, 0.3) is 6.08 Å². The van der Waals surface area contributed by atoms with Crippen LogP contribution < -0.4 is 4.74 Å². The first-order valence-electron chi connectivity index (χ1n) is 6.40. The standard InChI is InChI=1S/C17H13NO2/c18-11-13-6-2-4-8-15(13)20-16-10-9-12-5-1-3-7-14(12)17(16)19/h1-10,16-17,19H/t16-,17-/m1/s1. The molecule has 0 saturated heterocycles. The van der Waals surface area contributed by atoms with Crippen molar-refractivity contribution in [2.24, 2.45) is 0 Å². The molecule has 0 saturated carbocycles. The van der Waals surface area contributed by atoms with Crippen LogP contribution >= 0.6 is 0 Å². The van der Waals surface area contributed by atoms with Gasteiger partial charge >= 0.3 is 0 Å². The van der Waals surface area contributed by atoms with Crippen molar-refractivity contribution in [3.05, 3.63) is 71.3 Å². The van der Waals surface area contributed by atoms with Gasteiger partial charge in [0.15, 0.2) is 0 Å². The van der Waals surface area contributed by atoms with Crippen LogP contribution in [0, 0.1) is 11.3 Å². The average molecular weight is 263 g/mol. The monoisotopic (exact) mass is 263 g/mol. The summed E-state index contributed by atoms with van der Waals surface area (Å²) < 4.78 is 5.79. The largest absolute Gasteiger partial charge is 0.482 e. The van der Waals surface area contributed by atoms with Gasteiger partial charge in [0.25, 0.3) is 0 Å². The molecule has 3 heteroatoms. The minimum Gasteiger partial charge on any atom is -0.482 e. The number of rotatable bonds is 2. The van der Waals surface area contributed by atoms with E-state index in [4.69, 9.17) is 10.00 Å². The summed E-state index contributed by atoms with van der Waals surface area (Å²) >= 11 is 0. The van der Waals surface area contributed by atoms with E-state index in [1.54, 1.807) is 18.2 Å². The summed E-state index contributed by atoms with van der Waals surface area (Å²) in [5.74, 6) is 0.489. The van der Waals surface area contributed by atoms with Crippen LogP contribution in [0.15, 0.2) is 54.6 Å². The quantitative estimate of drug-likeness (QED) is 0.906. The van der Waals surface area contributed by atoms with Crippen molar-refractivity contribution < 1.29 is 9.84 Å². The smallest absolute Gasteiger partial charge is 0.147 e. The zero-order chi connectivity index (χ0) is 13.9. The van der Waals surface area contributed by atoms with E-state index in [-0.39, 0.29) is 0 Å². The number of aliphatic hydroxyl groups is 1. The van der Waals surface area contributed by atoms with Crippen LogP contribution in [0.5, 0.6) is 5.75 Å². The van der Waals surface area contributed by atoms with Gasteiger partial charge in [0.1, 0.15) is 24.0 Å². The number of aliphatic hydroxyl groups excluding tert-OH is 1. The van der Waals surface area contributed by atoms with E-state index >= 15 is 0 Å². The topological polar surface area (TPSA) is 53.2 Å². The van der Waals surface area contributed by atoms with Gasteiger partial charge in [0.2, 0.25) is 0 Å². The van der Waals surface area contributed by atoms with E-state index in [1.807, 2.05) is 42.5 Å². The van der Waals surface area contributed by atoms with Crippen molar-refractivity contribution >= 4 is 6.08 Å². The molecule has 2 atom stereocenters. The fraction of sp³-hybridized carbons (Fsp3) is 0.118. The Morgan fingerprint density at radius 2 is 1.80 bits per heavy atom. The lowest BCUT2D eigenvalue weighted by atomic mass is 9.93. The number of nitriles is 1. The van der Waals surface area contributed by atoms with E-state index in [0.29, 0.717) is 11.3 Å². The molecule has 0 spiro atoms. The van der Waals surface area contributed by atoms with E-state index in [1.165, 1.54) is 0 Å². The number of hydrogen-bond acceptors (Lipinski definition) is 3. The summed E-state index contributed by atoms with van der Waals surface area (Å²) in [5, 5.41) is 19.4. The molecule has 1 aliphatic rings. The number of benzene rings is 2.